The molecule has 0 aliphatic heterocycles. The Morgan fingerprint density at radius 2 is 1.75 bits per heavy atom. The van der Waals surface area contributed by atoms with Gasteiger partial charge < -0.3 is 9.69 Å². The van der Waals surface area contributed by atoms with E-state index in [1.807, 2.05) is 25.8 Å². The zero-order valence-electron chi connectivity index (χ0n) is 10.7. The van der Waals surface area contributed by atoms with Gasteiger partial charge in [-0.05, 0) is 19.9 Å². The topological polar surface area (TPSA) is 54.5 Å². The predicted octanol–water partition coefficient (Wildman–Crippen LogP) is 0.968. The highest BCUT2D eigenvalue weighted by Gasteiger charge is 2.27. The average molecular weight is 249 g/mol. The van der Waals surface area contributed by atoms with Crippen LogP contribution >= 0.6 is 0 Å². The van der Waals surface area contributed by atoms with Crippen LogP contribution in [0.5, 0.6) is 0 Å². The number of carbonyl (C=O) groups is 1. The zero-order chi connectivity index (χ0) is 12.8. The minimum Gasteiger partial charge on any atom is -0.304 e. The van der Waals surface area contributed by atoms with Gasteiger partial charge >= 0.3 is 0 Å². The Labute approximate surface area is 98.9 Å². The van der Waals surface area contributed by atoms with Crippen molar-refractivity contribution in [2.24, 2.45) is 5.41 Å². The number of aldehydes is 1. The molecule has 5 heteroatoms. The maximum atomic E-state index is 11.1. The predicted molar refractivity (Wildman–Crippen MR) is 66.3 cm³/mol. The maximum absolute atomic E-state index is 11.1. The van der Waals surface area contributed by atoms with Crippen LogP contribution in [0.25, 0.3) is 0 Å². The number of carbonyl (C=O) groups excluding carboxylic acids is 1. The fourth-order valence-electron chi connectivity index (χ4n) is 1.62. The highest BCUT2D eigenvalue weighted by atomic mass is 32.2. The molecule has 16 heavy (non-hydrogen) atoms. The van der Waals surface area contributed by atoms with Crippen molar-refractivity contribution in [3.8, 4) is 0 Å². The van der Waals surface area contributed by atoms with E-state index in [-0.39, 0.29) is 11.2 Å². The van der Waals surface area contributed by atoms with Crippen molar-refractivity contribution in [3.63, 3.8) is 0 Å². The molecule has 96 valence electrons. The Hall–Kier alpha value is -0.420. The van der Waals surface area contributed by atoms with Crippen LogP contribution in [0.4, 0.5) is 0 Å². The van der Waals surface area contributed by atoms with Gasteiger partial charge in [-0.1, -0.05) is 13.8 Å². The molecule has 0 N–H and O–H groups in total. The quantitative estimate of drug-likeness (QED) is 0.601. The molecule has 0 atom stereocenters. The van der Waals surface area contributed by atoms with E-state index in [1.54, 1.807) is 0 Å². The fraction of sp³-hybridized carbons (Fsp3) is 0.909. The Balaban J connectivity index is 4.31. The van der Waals surface area contributed by atoms with Gasteiger partial charge in [0, 0.05) is 24.8 Å². The van der Waals surface area contributed by atoms with E-state index in [1.165, 1.54) is 6.26 Å². The SMILES string of the molecule is CCC(C=O)(CC)CN(C)CCS(C)(=O)=O. The summed E-state index contributed by atoms with van der Waals surface area (Å²) in [5.41, 5.74) is -0.327. The minimum atomic E-state index is -2.92. The van der Waals surface area contributed by atoms with Crippen molar-refractivity contribution in [2.75, 3.05) is 32.1 Å². The Morgan fingerprint density at radius 3 is 2.06 bits per heavy atom. The minimum absolute atomic E-state index is 0.145. The summed E-state index contributed by atoms with van der Waals surface area (Å²) in [6, 6.07) is 0. The van der Waals surface area contributed by atoms with Crippen molar-refractivity contribution in [2.45, 2.75) is 26.7 Å². The number of hydrogen-bond acceptors (Lipinski definition) is 4. The molecule has 0 unspecified atom stereocenters. The molecule has 0 bridgehead atoms. The average Bonchev–Trinajstić information content (AvgIpc) is 2.22. The van der Waals surface area contributed by atoms with E-state index in [9.17, 15) is 13.2 Å². The third-order valence-corrected chi connectivity index (χ3v) is 4.01. The Kier molecular flexibility index (Phi) is 6.18. The van der Waals surface area contributed by atoms with Crippen LogP contribution in [0.2, 0.25) is 0 Å². The molecule has 0 aromatic carbocycles. The van der Waals surface area contributed by atoms with Gasteiger partial charge in [-0.25, -0.2) is 8.42 Å². The molecule has 0 radical (unpaired) electrons. The molecule has 0 aliphatic rings. The molecule has 0 heterocycles. The summed E-state index contributed by atoms with van der Waals surface area (Å²) in [5.74, 6) is 0.145. The highest BCUT2D eigenvalue weighted by Crippen LogP contribution is 2.24. The van der Waals surface area contributed by atoms with Crippen molar-refractivity contribution in [3.05, 3.63) is 0 Å². The summed E-state index contributed by atoms with van der Waals surface area (Å²) in [4.78, 5) is 13.0. The van der Waals surface area contributed by atoms with Crippen LogP contribution < -0.4 is 0 Å². The number of hydrogen-bond donors (Lipinski definition) is 0. The van der Waals surface area contributed by atoms with Crippen LogP contribution in [-0.4, -0.2) is 51.7 Å². The lowest BCUT2D eigenvalue weighted by Crippen LogP contribution is -2.38. The van der Waals surface area contributed by atoms with E-state index < -0.39 is 9.84 Å². The molecule has 0 aromatic rings. The van der Waals surface area contributed by atoms with E-state index in [0.717, 1.165) is 19.1 Å². The van der Waals surface area contributed by atoms with Gasteiger partial charge in [-0.2, -0.15) is 0 Å². The Morgan fingerprint density at radius 1 is 1.25 bits per heavy atom. The molecule has 0 spiro atoms. The molecule has 0 fully saturated rings. The van der Waals surface area contributed by atoms with Gasteiger partial charge in [-0.15, -0.1) is 0 Å². The second-order valence-corrected chi connectivity index (χ2v) is 6.81. The van der Waals surface area contributed by atoms with Gasteiger partial charge in [0.15, 0.2) is 0 Å². The summed E-state index contributed by atoms with van der Waals surface area (Å²) in [5, 5.41) is 0. The van der Waals surface area contributed by atoms with E-state index in [4.69, 9.17) is 0 Å². The number of rotatable bonds is 8. The standard InChI is InChI=1S/C11H23NO3S/c1-5-11(6-2,10-13)9-12(3)7-8-16(4,14)15/h10H,5-9H2,1-4H3. The van der Waals surface area contributed by atoms with Crippen LogP contribution in [0.15, 0.2) is 0 Å². The largest absolute Gasteiger partial charge is 0.304 e. The summed E-state index contributed by atoms with van der Waals surface area (Å²) >= 11 is 0. The smallest absolute Gasteiger partial charge is 0.148 e. The second-order valence-electron chi connectivity index (χ2n) is 4.55. The molecule has 0 aromatic heterocycles. The van der Waals surface area contributed by atoms with E-state index in [0.29, 0.717) is 13.1 Å². The third-order valence-electron chi connectivity index (χ3n) is 3.09. The van der Waals surface area contributed by atoms with Gasteiger partial charge in [-0.3, -0.25) is 0 Å². The first-order valence-corrected chi connectivity index (χ1v) is 7.67. The normalized spacial score (nSPS) is 13.1. The number of nitrogens with zero attached hydrogens (tertiary/aromatic N) is 1. The lowest BCUT2D eigenvalue weighted by Gasteiger charge is -2.30. The number of sulfone groups is 1. The van der Waals surface area contributed by atoms with Crippen molar-refractivity contribution in [1.82, 2.24) is 4.90 Å². The molecule has 4 nitrogen and oxygen atoms in total. The van der Waals surface area contributed by atoms with Crippen LogP contribution in [0, 0.1) is 5.41 Å². The fourth-order valence-corrected chi connectivity index (χ4v) is 2.26. The van der Waals surface area contributed by atoms with Gasteiger partial charge in [0.05, 0.1) is 5.75 Å². The summed E-state index contributed by atoms with van der Waals surface area (Å²) < 4.78 is 22.0. The van der Waals surface area contributed by atoms with Gasteiger partial charge in [0.25, 0.3) is 0 Å². The molecule has 0 saturated heterocycles. The summed E-state index contributed by atoms with van der Waals surface area (Å²) in [6.45, 7) is 5.08. The van der Waals surface area contributed by atoms with Crippen LogP contribution in [-0.2, 0) is 14.6 Å². The third kappa shape index (κ3) is 5.61. The molecular weight excluding hydrogens is 226 g/mol. The first-order chi connectivity index (χ1) is 7.28. The first-order valence-electron chi connectivity index (χ1n) is 5.61. The first kappa shape index (κ1) is 15.6. The molecule has 0 rings (SSSR count). The van der Waals surface area contributed by atoms with Crippen LogP contribution in [0.1, 0.15) is 26.7 Å². The highest BCUT2D eigenvalue weighted by molar-refractivity contribution is 7.90. The van der Waals surface area contributed by atoms with E-state index >= 15 is 0 Å². The molecule has 0 aliphatic carbocycles. The second kappa shape index (κ2) is 6.35. The maximum Gasteiger partial charge on any atom is 0.148 e. The molecular formula is C11H23NO3S. The lowest BCUT2D eigenvalue weighted by molar-refractivity contribution is -0.117. The van der Waals surface area contributed by atoms with Gasteiger partial charge in [0.1, 0.15) is 16.1 Å². The monoisotopic (exact) mass is 249 g/mol. The summed E-state index contributed by atoms with van der Waals surface area (Å²) in [6.07, 6.45) is 3.81. The molecule has 0 amide bonds. The van der Waals surface area contributed by atoms with Crippen LogP contribution in [0.3, 0.4) is 0 Å². The zero-order valence-corrected chi connectivity index (χ0v) is 11.5. The van der Waals surface area contributed by atoms with Crippen molar-refractivity contribution in [1.29, 1.82) is 0 Å². The van der Waals surface area contributed by atoms with Gasteiger partial charge in [0.2, 0.25) is 0 Å². The van der Waals surface area contributed by atoms with E-state index in [2.05, 4.69) is 0 Å². The summed E-state index contributed by atoms with van der Waals surface area (Å²) in [7, 11) is -1.07. The Bertz CT molecular complexity index is 307. The van der Waals surface area contributed by atoms with Crippen molar-refractivity contribution < 1.29 is 13.2 Å². The van der Waals surface area contributed by atoms with Crippen molar-refractivity contribution >= 4 is 16.1 Å². The molecule has 0 saturated carbocycles. The lowest BCUT2D eigenvalue weighted by atomic mass is 9.83.